The highest BCUT2D eigenvalue weighted by Gasteiger charge is 2.03. The van der Waals surface area contributed by atoms with E-state index in [1.54, 1.807) is 0 Å². The predicted molar refractivity (Wildman–Crippen MR) is 59.7 cm³/mol. The highest BCUT2D eigenvalue weighted by atomic mass is 35.5. The maximum atomic E-state index is 8.86. The fourth-order valence-corrected chi connectivity index (χ4v) is 1.92. The van der Waals surface area contributed by atoms with E-state index in [-0.39, 0.29) is 6.54 Å². The Bertz CT molecular complexity index is 451. The van der Waals surface area contributed by atoms with Crippen LogP contribution in [-0.2, 0) is 6.42 Å². The molecule has 2 rings (SSSR count). The van der Waals surface area contributed by atoms with Gasteiger partial charge in [0.2, 0.25) is 0 Å². The van der Waals surface area contributed by atoms with Gasteiger partial charge in [-0.2, -0.15) is 0 Å². The van der Waals surface area contributed by atoms with E-state index in [4.69, 9.17) is 17.3 Å². The second kappa shape index (κ2) is 3.99. The lowest BCUT2D eigenvalue weighted by Gasteiger charge is -2.05. The minimum absolute atomic E-state index is 0.137. The van der Waals surface area contributed by atoms with Gasteiger partial charge in [0.15, 0.2) is 0 Å². The molecule has 2 radical (unpaired) electrons. The molecule has 0 aromatic heterocycles. The van der Waals surface area contributed by atoms with Crippen molar-refractivity contribution in [3.63, 3.8) is 0 Å². The van der Waals surface area contributed by atoms with Crippen LogP contribution in [0.1, 0.15) is 5.56 Å². The van der Waals surface area contributed by atoms with Gasteiger partial charge in [0.05, 0.1) is 5.02 Å². The molecule has 0 heterocycles. The quantitative estimate of drug-likeness (QED) is 0.716. The zero-order valence-electron chi connectivity index (χ0n) is 7.70. The maximum Gasteiger partial charge on any atom is 0.0516 e. The molecular formula is C12H10ClN. The van der Waals surface area contributed by atoms with E-state index in [0.717, 1.165) is 21.4 Å². The molecule has 2 aromatic carbocycles. The summed E-state index contributed by atoms with van der Waals surface area (Å²) in [5.74, 6) is 0. The van der Waals surface area contributed by atoms with Gasteiger partial charge in [-0.25, -0.2) is 0 Å². The van der Waals surface area contributed by atoms with Crippen LogP contribution in [0.5, 0.6) is 0 Å². The first-order valence-electron chi connectivity index (χ1n) is 4.60. The number of rotatable bonds is 2. The van der Waals surface area contributed by atoms with Gasteiger partial charge in [-0.05, 0) is 17.4 Å². The summed E-state index contributed by atoms with van der Waals surface area (Å²) in [7, 11) is 0. The Labute approximate surface area is 88.5 Å². The van der Waals surface area contributed by atoms with Gasteiger partial charge >= 0.3 is 0 Å². The Morgan fingerprint density at radius 2 is 1.86 bits per heavy atom. The lowest BCUT2D eigenvalue weighted by molar-refractivity contribution is 0.943. The number of nitrogens with zero attached hydrogens (tertiary/aromatic N) is 1. The molecule has 0 atom stereocenters. The van der Waals surface area contributed by atoms with E-state index in [1.807, 2.05) is 36.4 Å². The molecule has 0 bridgehead atoms. The molecule has 14 heavy (non-hydrogen) atoms. The molecule has 0 amide bonds. The standard InChI is InChI=1S/C12H10ClN/c13-12-10(7-8-14)6-5-9-3-1-2-4-11(9)12/h1-6H,7-8H2. The van der Waals surface area contributed by atoms with Crippen LogP contribution < -0.4 is 5.73 Å². The number of hydrogen-bond acceptors (Lipinski definition) is 0. The lowest BCUT2D eigenvalue weighted by Crippen LogP contribution is -1.93. The molecule has 1 nitrogen and oxygen atoms in total. The van der Waals surface area contributed by atoms with Crippen LogP contribution in [0.3, 0.4) is 0 Å². The fraction of sp³-hybridized carbons (Fsp3) is 0.167. The van der Waals surface area contributed by atoms with Gasteiger partial charge < -0.3 is 0 Å². The van der Waals surface area contributed by atoms with Crippen LogP contribution in [0.2, 0.25) is 5.02 Å². The highest BCUT2D eigenvalue weighted by molar-refractivity contribution is 6.36. The summed E-state index contributed by atoms with van der Waals surface area (Å²) in [5, 5.41) is 2.96. The second-order valence-electron chi connectivity index (χ2n) is 3.23. The Kier molecular flexibility index (Phi) is 2.71. The van der Waals surface area contributed by atoms with E-state index in [1.165, 1.54) is 0 Å². The summed E-state index contributed by atoms with van der Waals surface area (Å²) in [6.45, 7) is 0.137. The molecule has 0 aliphatic rings. The van der Waals surface area contributed by atoms with Gasteiger partial charge in [-0.1, -0.05) is 48.0 Å². The van der Waals surface area contributed by atoms with Crippen LogP contribution in [0.4, 0.5) is 0 Å². The summed E-state index contributed by atoms with van der Waals surface area (Å²) in [5.41, 5.74) is 9.86. The van der Waals surface area contributed by atoms with Gasteiger partial charge in [-0.3, -0.25) is 0 Å². The van der Waals surface area contributed by atoms with Crippen molar-refractivity contribution in [3.8, 4) is 0 Å². The Hall–Kier alpha value is -1.05. The van der Waals surface area contributed by atoms with Crippen LogP contribution in [0, 0.1) is 0 Å². The third-order valence-corrected chi connectivity index (χ3v) is 2.77. The van der Waals surface area contributed by atoms with Crippen molar-refractivity contribution in [2.45, 2.75) is 6.42 Å². The first-order valence-corrected chi connectivity index (χ1v) is 4.97. The zero-order chi connectivity index (χ0) is 9.97. The Morgan fingerprint density at radius 1 is 1.07 bits per heavy atom. The molecule has 2 aromatic rings. The first kappa shape index (κ1) is 9.50. The topological polar surface area (TPSA) is 22.3 Å². The molecule has 0 fully saturated rings. The molecule has 0 saturated heterocycles. The maximum absolute atomic E-state index is 8.86. The summed E-state index contributed by atoms with van der Waals surface area (Å²) < 4.78 is 0. The van der Waals surface area contributed by atoms with Crippen molar-refractivity contribution in [2.24, 2.45) is 0 Å². The van der Waals surface area contributed by atoms with Crippen LogP contribution in [0.25, 0.3) is 10.8 Å². The highest BCUT2D eigenvalue weighted by Crippen LogP contribution is 2.27. The molecule has 70 valence electrons. The van der Waals surface area contributed by atoms with Crippen molar-refractivity contribution in [1.29, 1.82) is 0 Å². The second-order valence-corrected chi connectivity index (χ2v) is 3.61. The molecule has 0 aliphatic carbocycles. The summed E-state index contributed by atoms with van der Waals surface area (Å²) in [6, 6.07) is 12.0. The fourth-order valence-electron chi connectivity index (χ4n) is 1.59. The van der Waals surface area contributed by atoms with E-state index < -0.39 is 0 Å². The minimum Gasteiger partial charge on any atom is -0.145 e. The van der Waals surface area contributed by atoms with Gasteiger partial charge in [0, 0.05) is 11.9 Å². The monoisotopic (exact) mass is 203 g/mol. The lowest BCUT2D eigenvalue weighted by atomic mass is 10.1. The van der Waals surface area contributed by atoms with Gasteiger partial charge in [0.25, 0.3) is 0 Å². The van der Waals surface area contributed by atoms with E-state index in [2.05, 4.69) is 0 Å². The predicted octanol–water partition coefficient (Wildman–Crippen LogP) is 3.10. The first-order chi connectivity index (χ1) is 6.83. The molecule has 0 spiro atoms. The average Bonchev–Trinajstić information content (AvgIpc) is 2.23. The largest absolute Gasteiger partial charge is 0.145 e. The molecule has 0 saturated carbocycles. The van der Waals surface area contributed by atoms with E-state index in [0.29, 0.717) is 6.42 Å². The SMILES string of the molecule is [N]CCc1ccc2ccccc2c1Cl. The van der Waals surface area contributed by atoms with Gasteiger partial charge in [0.1, 0.15) is 0 Å². The summed E-state index contributed by atoms with van der Waals surface area (Å²) in [6.07, 6.45) is 0.615. The molecule has 0 aliphatic heterocycles. The van der Waals surface area contributed by atoms with Crippen LogP contribution in [0.15, 0.2) is 36.4 Å². The van der Waals surface area contributed by atoms with Crippen molar-refractivity contribution in [1.82, 2.24) is 5.73 Å². The zero-order valence-corrected chi connectivity index (χ0v) is 8.46. The minimum atomic E-state index is 0.137. The van der Waals surface area contributed by atoms with Crippen molar-refractivity contribution in [2.75, 3.05) is 6.54 Å². The Balaban J connectivity index is 2.63. The summed E-state index contributed by atoms with van der Waals surface area (Å²) in [4.78, 5) is 0. The molecular weight excluding hydrogens is 194 g/mol. The van der Waals surface area contributed by atoms with Crippen molar-refractivity contribution < 1.29 is 0 Å². The third-order valence-electron chi connectivity index (χ3n) is 2.32. The van der Waals surface area contributed by atoms with Gasteiger partial charge in [-0.15, -0.1) is 5.73 Å². The average molecular weight is 204 g/mol. The molecule has 2 heteroatoms. The number of benzene rings is 2. The molecule has 0 N–H and O–H groups in total. The Morgan fingerprint density at radius 3 is 2.64 bits per heavy atom. The number of hydrogen-bond donors (Lipinski definition) is 0. The number of halogens is 1. The van der Waals surface area contributed by atoms with Crippen LogP contribution in [-0.4, -0.2) is 6.54 Å². The summed E-state index contributed by atoms with van der Waals surface area (Å²) >= 11 is 6.21. The third kappa shape index (κ3) is 1.61. The van der Waals surface area contributed by atoms with E-state index in [9.17, 15) is 0 Å². The van der Waals surface area contributed by atoms with E-state index >= 15 is 0 Å². The van der Waals surface area contributed by atoms with Crippen molar-refractivity contribution >= 4 is 22.4 Å². The normalized spacial score (nSPS) is 10.7. The van der Waals surface area contributed by atoms with Crippen molar-refractivity contribution in [3.05, 3.63) is 47.0 Å². The van der Waals surface area contributed by atoms with Crippen LogP contribution >= 0.6 is 11.6 Å². The smallest absolute Gasteiger partial charge is 0.0516 e. The number of fused-ring (bicyclic) bond motifs is 1. The molecule has 0 unspecified atom stereocenters.